The van der Waals surface area contributed by atoms with Crippen molar-refractivity contribution in [2.75, 3.05) is 25.0 Å². The lowest BCUT2D eigenvalue weighted by Gasteiger charge is -2.38. The van der Waals surface area contributed by atoms with Crippen molar-refractivity contribution in [2.45, 2.75) is 18.9 Å². The molecule has 4 rings (SSSR count). The summed E-state index contributed by atoms with van der Waals surface area (Å²) >= 11 is 0. The van der Waals surface area contributed by atoms with Crippen LogP contribution in [0.3, 0.4) is 0 Å². The highest BCUT2D eigenvalue weighted by atomic mass is 16.2. The molecule has 5 heteroatoms. The van der Waals surface area contributed by atoms with Crippen molar-refractivity contribution in [3.63, 3.8) is 0 Å². The summed E-state index contributed by atoms with van der Waals surface area (Å²) in [6.07, 6.45) is 1.99. The first-order valence-electron chi connectivity index (χ1n) is 9.33. The Kier molecular flexibility index (Phi) is 4.67. The Labute approximate surface area is 158 Å². The molecule has 1 aliphatic heterocycles. The molecule has 5 nitrogen and oxygen atoms in total. The zero-order chi connectivity index (χ0) is 18.8. The van der Waals surface area contributed by atoms with Crippen LogP contribution in [0.1, 0.15) is 23.3 Å². The van der Waals surface area contributed by atoms with Crippen LogP contribution in [0, 0.1) is 0 Å². The topological polar surface area (TPSA) is 56.4 Å². The number of fused-ring (bicyclic) bond motifs is 1. The number of pyridine rings is 1. The van der Waals surface area contributed by atoms with E-state index in [0.29, 0.717) is 11.1 Å². The van der Waals surface area contributed by atoms with Crippen LogP contribution in [0.2, 0.25) is 0 Å². The van der Waals surface area contributed by atoms with Crippen molar-refractivity contribution in [1.82, 2.24) is 9.88 Å². The standard InChI is InChI=1S/C22H23N3O2/c1-24(18-11-7-13-25(15-18)17-9-3-2-4-10-17)22(27)20-14-16-8-5-6-12-19(16)21(26)23-20/h2-6,8-10,12,14,18H,7,11,13,15H2,1H3,(H,23,26). The molecular formula is C22H23N3O2. The van der Waals surface area contributed by atoms with Crippen LogP contribution in [0.4, 0.5) is 5.69 Å². The van der Waals surface area contributed by atoms with E-state index in [0.717, 1.165) is 31.3 Å². The van der Waals surface area contributed by atoms with Crippen molar-refractivity contribution in [3.05, 3.63) is 76.7 Å². The van der Waals surface area contributed by atoms with Crippen LogP contribution in [0.5, 0.6) is 0 Å². The molecule has 2 aromatic carbocycles. The Hall–Kier alpha value is -3.08. The molecule has 2 heterocycles. The molecule has 0 bridgehead atoms. The van der Waals surface area contributed by atoms with Gasteiger partial charge in [0, 0.05) is 37.3 Å². The van der Waals surface area contributed by atoms with Crippen LogP contribution in [-0.4, -0.2) is 42.0 Å². The SMILES string of the molecule is CN(C(=O)c1cc2ccccc2c(=O)[nH]1)C1CCCN(c2ccccc2)C1. The number of carbonyl (C=O) groups excluding carboxylic acids is 1. The number of H-pyrrole nitrogens is 1. The van der Waals surface area contributed by atoms with Gasteiger partial charge < -0.3 is 14.8 Å². The van der Waals surface area contributed by atoms with Gasteiger partial charge in [0.05, 0.1) is 0 Å². The third-order valence-corrected chi connectivity index (χ3v) is 5.37. The van der Waals surface area contributed by atoms with E-state index in [-0.39, 0.29) is 17.5 Å². The normalized spacial score (nSPS) is 17.1. The van der Waals surface area contributed by atoms with Crippen LogP contribution in [-0.2, 0) is 0 Å². The molecule has 0 spiro atoms. The molecule has 1 amide bonds. The number of nitrogens with one attached hydrogen (secondary N) is 1. The van der Waals surface area contributed by atoms with Crippen molar-refractivity contribution in [1.29, 1.82) is 0 Å². The van der Waals surface area contributed by atoms with E-state index in [1.807, 2.05) is 43.4 Å². The minimum atomic E-state index is -0.223. The second-order valence-corrected chi connectivity index (χ2v) is 7.09. The van der Waals surface area contributed by atoms with Gasteiger partial charge in [0.2, 0.25) is 0 Å². The quantitative estimate of drug-likeness (QED) is 0.779. The summed E-state index contributed by atoms with van der Waals surface area (Å²) in [5.74, 6) is -0.141. The van der Waals surface area contributed by atoms with Gasteiger partial charge in [0.1, 0.15) is 5.69 Å². The summed E-state index contributed by atoms with van der Waals surface area (Å²) in [6.45, 7) is 1.79. The maximum atomic E-state index is 13.0. The molecule has 0 saturated carbocycles. The number of para-hydroxylation sites is 1. The average Bonchev–Trinajstić information content (AvgIpc) is 2.73. The van der Waals surface area contributed by atoms with Crippen molar-refractivity contribution in [2.24, 2.45) is 0 Å². The summed E-state index contributed by atoms with van der Waals surface area (Å²) in [6, 6.07) is 19.5. The monoisotopic (exact) mass is 361 g/mol. The van der Waals surface area contributed by atoms with E-state index in [1.54, 1.807) is 17.0 Å². The number of anilines is 1. The van der Waals surface area contributed by atoms with E-state index in [2.05, 4.69) is 22.0 Å². The molecule has 0 radical (unpaired) electrons. The Morgan fingerprint density at radius 3 is 2.67 bits per heavy atom. The lowest BCUT2D eigenvalue weighted by molar-refractivity contribution is 0.0711. The van der Waals surface area contributed by atoms with E-state index in [9.17, 15) is 9.59 Å². The van der Waals surface area contributed by atoms with E-state index in [4.69, 9.17) is 0 Å². The fourth-order valence-electron chi connectivity index (χ4n) is 3.83. The number of benzene rings is 2. The fraction of sp³-hybridized carbons (Fsp3) is 0.273. The number of carbonyl (C=O) groups is 1. The van der Waals surface area contributed by atoms with Gasteiger partial charge in [-0.3, -0.25) is 9.59 Å². The highest BCUT2D eigenvalue weighted by molar-refractivity contribution is 5.96. The van der Waals surface area contributed by atoms with E-state index >= 15 is 0 Å². The Morgan fingerprint density at radius 2 is 1.85 bits per heavy atom. The number of aromatic amines is 1. The number of piperidine rings is 1. The van der Waals surface area contributed by atoms with Gasteiger partial charge in [-0.25, -0.2) is 0 Å². The second kappa shape index (κ2) is 7.27. The molecule has 1 unspecified atom stereocenters. The summed E-state index contributed by atoms with van der Waals surface area (Å²) in [5, 5.41) is 1.39. The lowest BCUT2D eigenvalue weighted by atomic mass is 10.0. The minimum Gasteiger partial charge on any atom is -0.369 e. The minimum absolute atomic E-state index is 0.112. The molecule has 3 aromatic rings. The van der Waals surface area contributed by atoms with E-state index in [1.165, 1.54) is 5.69 Å². The number of amides is 1. The highest BCUT2D eigenvalue weighted by Gasteiger charge is 2.27. The van der Waals surface area contributed by atoms with Crippen LogP contribution in [0.15, 0.2) is 65.5 Å². The first kappa shape index (κ1) is 17.3. The zero-order valence-corrected chi connectivity index (χ0v) is 15.4. The average molecular weight is 361 g/mol. The highest BCUT2D eigenvalue weighted by Crippen LogP contribution is 2.22. The molecule has 1 saturated heterocycles. The Bertz CT molecular complexity index is 1010. The number of rotatable bonds is 3. The van der Waals surface area contributed by atoms with Crippen LogP contribution < -0.4 is 10.5 Å². The second-order valence-electron chi connectivity index (χ2n) is 7.09. The van der Waals surface area contributed by atoms with Crippen molar-refractivity contribution >= 4 is 22.4 Å². The Morgan fingerprint density at radius 1 is 1.11 bits per heavy atom. The maximum Gasteiger partial charge on any atom is 0.270 e. The van der Waals surface area contributed by atoms with Gasteiger partial charge >= 0.3 is 0 Å². The molecule has 1 aromatic heterocycles. The van der Waals surface area contributed by atoms with Gasteiger partial charge in [-0.2, -0.15) is 0 Å². The van der Waals surface area contributed by atoms with Crippen molar-refractivity contribution in [3.8, 4) is 0 Å². The molecule has 1 fully saturated rings. The third-order valence-electron chi connectivity index (χ3n) is 5.37. The molecule has 138 valence electrons. The smallest absolute Gasteiger partial charge is 0.270 e. The van der Waals surface area contributed by atoms with Gasteiger partial charge in [-0.05, 0) is 42.5 Å². The number of likely N-dealkylation sites (N-methyl/N-ethyl adjacent to an activating group) is 1. The summed E-state index contributed by atoms with van der Waals surface area (Å²) in [5.41, 5.74) is 1.31. The van der Waals surface area contributed by atoms with Crippen LogP contribution >= 0.6 is 0 Å². The molecular weight excluding hydrogens is 338 g/mol. The predicted octanol–water partition coefficient (Wildman–Crippen LogP) is 3.27. The zero-order valence-electron chi connectivity index (χ0n) is 15.4. The summed E-state index contributed by atoms with van der Waals surface area (Å²) < 4.78 is 0. The first-order valence-corrected chi connectivity index (χ1v) is 9.33. The number of hydrogen-bond acceptors (Lipinski definition) is 3. The van der Waals surface area contributed by atoms with Gasteiger partial charge in [-0.15, -0.1) is 0 Å². The van der Waals surface area contributed by atoms with Crippen LogP contribution in [0.25, 0.3) is 10.8 Å². The van der Waals surface area contributed by atoms with Gasteiger partial charge in [-0.1, -0.05) is 36.4 Å². The summed E-state index contributed by atoms with van der Waals surface area (Å²) in [4.78, 5) is 32.2. The van der Waals surface area contributed by atoms with Gasteiger partial charge in [0.25, 0.3) is 11.5 Å². The first-order chi connectivity index (χ1) is 13.1. The van der Waals surface area contributed by atoms with Crippen molar-refractivity contribution < 1.29 is 4.79 Å². The molecule has 1 atom stereocenters. The summed E-state index contributed by atoms with van der Waals surface area (Å²) in [7, 11) is 1.83. The predicted molar refractivity (Wildman–Crippen MR) is 108 cm³/mol. The number of hydrogen-bond donors (Lipinski definition) is 1. The number of aromatic nitrogens is 1. The lowest BCUT2D eigenvalue weighted by Crippen LogP contribution is -2.49. The fourth-order valence-corrected chi connectivity index (χ4v) is 3.83. The number of nitrogens with zero attached hydrogens (tertiary/aromatic N) is 2. The van der Waals surface area contributed by atoms with E-state index < -0.39 is 0 Å². The van der Waals surface area contributed by atoms with Gasteiger partial charge in [0.15, 0.2) is 0 Å². The molecule has 1 N–H and O–H groups in total. The molecule has 1 aliphatic rings. The Balaban J connectivity index is 1.56. The largest absolute Gasteiger partial charge is 0.369 e. The third kappa shape index (κ3) is 3.45. The maximum absolute atomic E-state index is 13.0. The molecule has 0 aliphatic carbocycles. The molecule has 27 heavy (non-hydrogen) atoms.